The molecule has 0 saturated carbocycles. The summed E-state index contributed by atoms with van der Waals surface area (Å²) in [4.78, 5) is 0. The van der Waals surface area contributed by atoms with Crippen LogP contribution in [0.4, 0.5) is 70.2 Å². The molecule has 30 heavy (non-hydrogen) atoms. The lowest BCUT2D eigenvalue weighted by Gasteiger charge is -2.42. The Bertz CT molecular complexity index is 608. The van der Waals surface area contributed by atoms with Gasteiger partial charge in [-0.3, -0.25) is 0 Å². The molecule has 0 radical (unpaired) electrons. The molecule has 1 unspecified atom stereocenters. The second-order valence-electron chi connectivity index (χ2n) is 6.35. The zero-order valence-corrected chi connectivity index (χ0v) is 13.9. The van der Waals surface area contributed by atoms with Crippen LogP contribution in [0.1, 0.15) is 19.3 Å². The van der Waals surface area contributed by atoms with Crippen LogP contribution in [0.5, 0.6) is 0 Å². The lowest BCUT2D eigenvalue weighted by Crippen LogP contribution is -2.73. The lowest BCUT2D eigenvalue weighted by molar-refractivity contribution is -0.447. The van der Waals surface area contributed by atoms with Gasteiger partial charge in [0.05, 0.1) is 12.7 Å². The van der Waals surface area contributed by atoms with E-state index in [1.807, 2.05) is 0 Å². The van der Waals surface area contributed by atoms with Crippen LogP contribution in [0.25, 0.3) is 0 Å². The monoisotopic (exact) mass is 486 g/mol. The Labute approximate surface area is 156 Å². The Hall–Kier alpha value is -1.16. The molecule has 1 heterocycles. The maximum Gasteiger partial charge on any atom is 0.384 e. The highest BCUT2D eigenvalue weighted by molar-refractivity contribution is 5.14. The molecule has 0 aromatic rings. The van der Waals surface area contributed by atoms with Crippen molar-refractivity contribution in [3.63, 3.8) is 0 Å². The Balaban J connectivity index is 3.34. The molecule has 1 nitrogen and oxygen atoms in total. The third-order valence-corrected chi connectivity index (χ3v) is 4.15. The SMILES string of the molecule is FC(F)C(F)(F)C(F)(F)C(F)(F)C(F)(F)C(F)(F)C(F)(F)C(F)(F)CCCC1CO1. The Kier molecular flexibility index (Phi) is 6.69. The smallest absolute Gasteiger partial charge is 0.373 e. The van der Waals surface area contributed by atoms with Gasteiger partial charge in [0, 0.05) is 6.42 Å². The van der Waals surface area contributed by atoms with Crippen LogP contribution in [-0.2, 0) is 4.74 Å². The number of epoxide rings is 1. The Morgan fingerprint density at radius 1 is 0.633 bits per heavy atom. The predicted molar refractivity (Wildman–Crippen MR) is 64.2 cm³/mol. The maximum atomic E-state index is 13.5. The summed E-state index contributed by atoms with van der Waals surface area (Å²) in [5.41, 5.74) is 0. The molecule has 17 heteroatoms. The van der Waals surface area contributed by atoms with Crippen molar-refractivity contribution in [1.29, 1.82) is 0 Å². The van der Waals surface area contributed by atoms with E-state index in [-0.39, 0.29) is 6.61 Å². The van der Waals surface area contributed by atoms with Gasteiger partial charge in [-0.2, -0.15) is 61.5 Å². The van der Waals surface area contributed by atoms with E-state index in [1.54, 1.807) is 0 Å². The zero-order chi connectivity index (χ0) is 24.2. The fourth-order valence-corrected chi connectivity index (χ4v) is 2.11. The number of rotatable bonds is 11. The normalized spacial score (nSPS) is 20.1. The van der Waals surface area contributed by atoms with Gasteiger partial charge in [0.25, 0.3) is 0 Å². The van der Waals surface area contributed by atoms with E-state index in [1.165, 1.54) is 0 Å². The van der Waals surface area contributed by atoms with Crippen LogP contribution in [0, 0.1) is 0 Å². The molecule has 1 aliphatic heterocycles. The highest BCUT2D eigenvalue weighted by Crippen LogP contribution is 2.63. The van der Waals surface area contributed by atoms with Crippen molar-refractivity contribution in [3.05, 3.63) is 0 Å². The summed E-state index contributed by atoms with van der Waals surface area (Å²) in [5, 5.41) is 0. The van der Waals surface area contributed by atoms with E-state index in [0.29, 0.717) is 0 Å². The van der Waals surface area contributed by atoms with Gasteiger partial charge in [-0.05, 0) is 12.8 Å². The van der Waals surface area contributed by atoms with Crippen molar-refractivity contribution < 1.29 is 75.0 Å². The maximum absolute atomic E-state index is 13.5. The van der Waals surface area contributed by atoms with Gasteiger partial charge in [0.15, 0.2) is 0 Å². The molecule has 180 valence electrons. The molecule has 0 aliphatic carbocycles. The first-order chi connectivity index (χ1) is 13.0. The quantitative estimate of drug-likeness (QED) is 0.248. The largest absolute Gasteiger partial charge is 0.384 e. The second kappa shape index (κ2) is 7.46. The first-order valence-electron chi connectivity index (χ1n) is 7.57. The lowest BCUT2D eigenvalue weighted by atomic mass is 9.88. The van der Waals surface area contributed by atoms with Crippen LogP contribution >= 0.6 is 0 Å². The summed E-state index contributed by atoms with van der Waals surface area (Å²) in [6.07, 6.45) is -10.5. The summed E-state index contributed by atoms with van der Waals surface area (Å²) < 4.78 is 213. The predicted octanol–water partition coefficient (Wildman–Crippen LogP) is 6.27. The van der Waals surface area contributed by atoms with Gasteiger partial charge in [0.2, 0.25) is 0 Å². The summed E-state index contributed by atoms with van der Waals surface area (Å²) in [5.74, 6) is -53.9. The highest BCUT2D eigenvalue weighted by atomic mass is 19.4. The molecule has 1 saturated heterocycles. The average molecular weight is 486 g/mol. The van der Waals surface area contributed by atoms with E-state index in [0.717, 1.165) is 0 Å². The minimum Gasteiger partial charge on any atom is -0.373 e. The number of halogens is 16. The molecule has 0 spiro atoms. The van der Waals surface area contributed by atoms with Crippen LogP contribution < -0.4 is 0 Å². The molecule has 0 aromatic carbocycles. The fourth-order valence-electron chi connectivity index (χ4n) is 2.11. The van der Waals surface area contributed by atoms with Gasteiger partial charge in [-0.15, -0.1) is 0 Å². The van der Waals surface area contributed by atoms with E-state index in [9.17, 15) is 70.2 Å². The number of alkyl halides is 16. The van der Waals surface area contributed by atoms with Gasteiger partial charge in [-0.1, -0.05) is 0 Å². The van der Waals surface area contributed by atoms with Crippen molar-refractivity contribution in [2.24, 2.45) is 0 Å². The van der Waals surface area contributed by atoms with Gasteiger partial charge in [0.1, 0.15) is 0 Å². The first kappa shape index (κ1) is 26.9. The third-order valence-electron chi connectivity index (χ3n) is 4.15. The molecule has 0 N–H and O–H groups in total. The van der Waals surface area contributed by atoms with E-state index in [4.69, 9.17) is 0 Å². The van der Waals surface area contributed by atoms with Gasteiger partial charge >= 0.3 is 47.9 Å². The molecule has 1 fully saturated rings. The molecule has 0 aromatic heterocycles. The number of hydrogen-bond donors (Lipinski definition) is 0. The second-order valence-corrected chi connectivity index (χ2v) is 6.35. The summed E-state index contributed by atoms with van der Waals surface area (Å²) >= 11 is 0. The van der Waals surface area contributed by atoms with E-state index in [2.05, 4.69) is 4.74 Å². The van der Waals surface area contributed by atoms with Crippen molar-refractivity contribution in [2.75, 3.05) is 6.61 Å². The minimum absolute atomic E-state index is 0.0319. The molecule has 0 amide bonds. The first-order valence-corrected chi connectivity index (χ1v) is 7.57. The molecular formula is C13H10F16O. The molecule has 0 bridgehead atoms. The topological polar surface area (TPSA) is 12.5 Å². The molecule has 1 rings (SSSR count). The standard InChI is InChI=1S/C13H10F16O/c14-6(15)8(18,19)10(22,23)12(26,27)13(28,29)11(24,25)9(20,21)7(16,17)3-1-2-5-4-30-5/h5-6H,1-4H2. The summed E-state index contributed by atoms with van der Waals surface area (Å²) in [6, 6.07) is 0. The molecular weight excluding hydrogens is 476 g/mol. The Morgan fingerprint density at radius 2 is 1.00 bits per heavy atom. The fraction of sp³-hybridized carbons (Fsp3) is 1.00. The number of hydrogen-bond acceptors (Lipinski definition) is 1. The average Bonchev–Trinajstić information content (AvgIpc) is 3.37. The third kappa shape index (κ3) is 3.78. The summed E-state index contributed by atoms with van der Waals surface area (Å²) in [7, 11) is 0. The van der Waals surface area contributed by atoms with E-state index >= 15 is 0 Å². The van der Waals surface area contributed by atoms with Crippen LogP contribution in [0.3, 0.4) is 0 Å². The Morgan fingerprint density at radius 3 is 1.37 bits per heavy atom. The van der Waals surface area contributed by atoms with Gasteiger partial charge < -0.3 is 4.74 Å². The van der Waals surface area contributed by atoms with Crippen molar-refractivity contribution in [2.45, 2.75) is 73.2 Å². The minimum atomic E-state index is -8.33. The van der Waals surface area contributed by atoms with Crippen molar-refractivity contribution >= 4 is 0 Å². The van der Waals surface area contributed by atoms with E-state index < -0.39 is 73.2 Å². The van der Waals surface area contributed by atoms with Crippen molar-refractivity contribution in [1.82, 2.24) is 0 Å². The number of ether oxygens (including phenoxy) is 1. The van der Waals surface area contributed by atoms with Crippen LogP contribution in [-0.4, -0.2) is 60.6 Å². The highest BCUT2D eigenvalue weighted by Gasteiger charge is 2.93. The van der Waals surface area contributed by atoms with Crippen LogP contribution in [0.15, 0.2) is 0 Å². The molecule has 1 aliphatic rings. The van der Waals surface area contributed by atoms with Crippen LogP contribution in [0.2, 0.25) is 0 Å². The zero-order valence-electron chi connectivity index (χ0n) is 13.9. The van der Waals surface area contributed by atoms with Gasteiger partial charge in [-0.25, -0.2) is 8.78 Å². The summed E-state index contributed by atoms with van der Waals surface area (Å²) in [6.45, 7) is -0.0319. The molecule has 1 atom stereocenters. The van der Waals surface area contributed by atoms with Crippen molar-refractivity contribution in [3.8, 4) is 0 Å².